The average Bonchev–Trinajstić information content (AvgIpc) is 2.47. The van der Waals surface area contributed by atoms with Gasteiger partial charge in [-0.15, -0.1) is 0 Å². The fraction of sp³-hybridized carbons (Fsp3) is 0.133. The molecule has 0 radical (unpaired) electrons. The predicted octanol–water partition coefficient (Wildman–Crippen LogP) is 1.73. The van der Waals surface area contributed by atoms with E-state index in [0.717, 1.165) is 5.39 Å². The molecule has 6 nitrogen and oxygen atoms in total. The van der Waals surface area contributed by atoms with Crippen LogP contribution in [0, 0.1) is 0 Å². The Hall–Kier alpha value is -2.89. The molecule has 0 atom stereocenters. The van der Waals surface area contributed by atoms with E-state index in [1.165, 1.54) is 10.6 Å². The van der Waals surface area contributed by atoms with Gasteiger partial charge in [-0.2, -0.15) is 4.98 Å². The summed E-state index contributed by atoms with van der Waals surface area (Å²) in [6, 6.07) is 9.09. The van der Waals surface area contributed by atoms with Gasteiger partial charge in [0, 0.05) is 11.6 Å². The molecule has 0 saturated heterocycles. The first-order valence-electron chi connectivity index (χ1n) is 6.43. The van der Waals surface area contributed by atoms with Crippen LogP contribution in [0.2, 0.25) is 0 Å². The second-order valence-electron chi connectivity index (χ2n) is 4.43. The molecule has 0 bridgehead atoms. The number of ether oxygens (including phenoxy) is 1. The second kappa shape index (κ2) is 4.90. The molecule has 0 fully saturated rings. The molecular formula is C15H12N2O4. The summed E-state index contributed by atoms with van der Waals surface area (Å²) in [5.41, 5.74) is -0.810. The van der Waals surface area contributed by atoms with Gasteiger partial charge in [-0.3, -0.25) is 9.20 Å². The minimum atomic E-state index is -0.880. The molecule has 2 aromatic heterocycles. The zero-order chi connectivity index (χ0) is 15.0. The quantitative estimate of drug-likeness (QED) is 0.572. The summed E-state index contributed by atoms with van der Waals surface area (Å²) in [6.07, 6.45) is 1.52. The topological polar surface area (TPSA) is 80.9 Å². The van der Waals surface area contributed by atoms with Crippen molar-refractivity contribution in [3.05, 3.63) is 52.4 Å². The van der Waals surface area contributed by atoms with Crippen molar-refractivity contribution < 1.29 is 14.6 Å². The molecule has 0 aliphatic rings. The van der Waals surface area contributed by atoms with Crippen molar-refractivity contribution in [1.29, 1.82) is 0 Å². The van der Waals surface area contributed by atoms with Crippen molar-refractivity contribution in [1.82, 2.24) is 9.38 Å². The number of esters is 1. The van der Waals surface area contributed by atoms with E-state index in [1.54, 1.807) is 19.1 Å². The van der Waals surface area contributed by atoms with Crippen LogP contribution < -0.4 is 5.56 Å². The minimum Gasteiger partial charge on any atom is -0.492 e. The lowest BCUT2D eigenvalue weighted by Gasteiger charge is -2.08. The fourth-order valence-electron chi connectivity index (χ4n) is 2.23. The molecule has 0 saturated carbocycles. The Balaban J connectivity index is 2.39. The third-order valence-corrected chi connectivity index (χ3v) is 3.18. The highest BCUT2D eigenvalue weighted by atomic mass is 16.5. The maximum Gasteiger partial charge on any atom is 0.349 e. The summed E-state index contributed by atoms with van der Waals surface area (Å²) < 4.78 is 6.00. The first-order chi connectivity index (χ1) is 10.1. The number of pyridine rings is 1. The zero-order valence-corrected chi connectivity index (χ0v) is 11.2. The van der Waals surface area contributed by atoms with E-state index < -0.39 is 23.0 Å². The van der Waals surface area contributed by atoms with Gasteiger partial charge >= 0.3 is 5.97 Å². The predicted molar refractivity (Wildman–Crippen MR) is 76.6 cm³/mol. The van der Waals surface area contributed by atoms with Crippen molar-refractivity contribution in [2.45, 2.75) is 6.92 Å². The molecule has 2 heterocycles. The van der Waals surface area contributed by atoms with Crippen LogP contribution in [0.25, 0.3) is 16.4 Å². The van der Waals surface area contributed by atoms with Crippen LogP contribution in [0.3, 0.4) is 0 Å². The first kappa shape index (κ1) is 13.1. The van der Waals surface area contributed by atoms with Gasteiger partial charge in [0.2, 0.25) is 5.88 Å². The van der Waals surface area contributed by atoms with Gasteiger partial charge in [-0.25, -0.2) is 4.79 Å². The molecule has 3 rings (SSSR count). The summed E-state index contributed by atoms with van der Waals surface area (Å²) in [4.78, 5) is 28.1. The number of aromatic nitrogens is 2. The number of nitrogens with zero attached hydrogens (tertiary/aromatic N) is 2. The normalized spacial score (nSPS) is 10.9. The van der Waals surface area contributed by atoms with E-state index in [4.69, 9.17) is 4.74 Å². The number of rotatable bonds is 2. The summed E-state index contributed by atoms with van der Waals surface area (Å²) in [5.74, 6) is -1.50. The van der Waals surface area contributed by atoms with E-state index >= 15 is 0 Å². The van der Waals surface area contributed by atoms with Gasteiger partial charge in [-0.05, 0) is 18.4 Å². The summed E-state index contributed by atoms with van der Waals surface area (Å²) in [5, 5.41) is 11.5. The summed E-state index contributed by atoms with van der Waals surface area (Å²) in [7, 11) is 0. The molecule has 0 aliphatic heterocycles. The Morgan fingerprint density at radius 1 is 1.33 bits per heavy atom. The number of aromatic hydroxyl groups is 1. The number of carbonyl (C=O) groups is 1. The van der Waals surface area contributed by atoms with Crippen LogP contribution in [-0.4, -0.2) is 27.1 Å². The SMILES string of the molecule is CCOC(=O)c1c(O)nc2c3ccccc3ccn2c1=O. The Morgan fingerprint density at radius 3 is 2.86 bits per heavy atom. The number of hydrogen-bond donors (Lipinski definition) is 1. The van der Waals surface area contributed by atoms with Gasteiger partial charge in [0.05, 0.1) is 6.61 Å². The van der Waals surface area contributed by atoms with Gasteiger partial charge in [-0.1, -0.05) is 24.3 Å². The highest BCUT2D eigenvalue weighted by molar-refractivity contribution is 5.96. The number of carbonyl (C=O) groups excluding carboxylic acids is 1. The van der Waals surface area contributed by atoms with Crippen LogP contribution >= 0.6 is 0 Å². The third-order valence-electron chi connectivity index (χ3n) is 3.18. The molecule has 21 heavy (non-hydrogen) atoms. The van der Waals surface area contributed by atoms with Crippen molar-refractivity contribution in [3.63, 3.8) is 0 Å². The number of benzene rings is 1. The van der Waals surface area contributed by atoms with Gasteiger partial charge in [0.1, 0.15) is 0 Å². The van der Waals surface area contributed by atoms with E-state index in [-0.39, 0.29) is 6.61 Å². The Bertz CT molecular complexity index is 915. The maximum atomic E-state index is 12.4. The molecule has 0 spiro atoms. The standard InChI is InChI=1S/C15H12N2O4/c1-2-21-15(20)11-13(18)16-12-10-6-4-3-5-9(10)7-8-17(12)14(11)19/h3-8,18H,2H2,1H3. The van der Waals surface area contributed by atoms with Crippen molar-refractivity contribution in [2.24, 2.45) is 0 Å². The molecule has 0 aliphatic carbocycles. The van der Waals surface area contributed by atoms with Crippen LogP contribution in [-0.2, 0) is 4.74 Å². The lowest BCUT2D eigenvalue weighted by atomic mass is 10.1. The smallest absolute Gasteiger partial charge is 0.349 e. The summed E-state index contributed by atoms with van der Waals surface area (Å²) in [6.45, 7) is 1.73. The van der Waals surface area contributed by atoms with Gasteiger partial charge in [0.25, 0.3) is 5.56 Å². The lowest BCUT2D eigenvalue weighted by molar-refractivity contribution is 0.0519. The Kier molecular flexibility index (Phi) is 3.06. The van der Waals surface area contributed by atoms with Gasteiger partial charge < -0.3 is 9.84 Å². The highest BCUT2D eigenvalue weighted by Gasteiger charge is 2.21. The van der Waals surface area contributed by atoms with E-state index in [2.05, 4.69) is 4.98 Å². The Labute approximate surface area is 119 Å². The molecule has 6 heteroatoms. The molecule has 3 aromatic rings. The van der Waals surface area contributed by atoms with Crippen molar-refractivity contribution in [3.8, 4) is 5.88 Å². The monoisotopic (exact) mass is 284 g/mol. The number of hydrogen-bond acceptors (Lipinski definition) is 5. The summed E-state index contributed by atoms with van der Waals surface area (Å²) >= 11 is 0. The molecule has 0 amide bonds. The minimum absolute atomic E-state index is 0.109. The van der Waals surface area contributed by atoms with E-state index in [0.29, 0.717) is 11.0 Å². The third kappa shape index (κ3) is 2.01. The van der Waals surface area contributed by atoms with Gasteiger partial charge in [0.15, 0.2) is 11.2 Å². The lowest BCUT2D eigenvalue weighted by Crippen LogP contribution is -2.24. The molecule has 106 valence electrons. The molecule has 1 N–H and O–H groups in total. The Morgan fingerprint density at radius 2 is 2.10 bits per heavy atom. The van der Waals surface area contributed by atoms with Crippen LogP contribution in [0.15, 0.2) is 41.3 Å². The maximum absolute atomic E-state index is 12.4. The van der Waals surface area contributed by atoms with Crippen LogP contribution in [0.5, 0.6) is 5.88 Å². The molecular weight excluding hydrogens is 272 g/mol. The fourth-order valence-corrected chi connectivity index (χ4v) is 2.23. The largest absolute Gasteiger partial charge is 0.492 e. The molecule has 1 aromatic carbocycles. The van der Waals surface area contributed by atoms with Crippen LogP contribution in [0.4, 0.5) is 0 Å². The molecule has 0 unspecified atom stereocenters. The highest BCUT2D eigenvalue weighted by Crippen LogP contribution is 2.20. The zero-order valence-electron chi connectivity index (χ0n) is 11.2. The average molecular weight is 284 g/mol. The number of fused-ring (bicyclic) bond motifs is 3. The van der Waals surface area contributed by atoms with Crippen molar-refractivity contribution in [2.75, 3.05) is 6.61 Å². The second-order valence-corrected chi connectivity index (χ2v) is 4.43. The van der Waals surface area contributed by atoms with Crippen LogP contribution in [0.1, 0.15) is 17.3 Å². The van der Waals surface area contributed by atoms with E-state index in [1.807, 2.05) is 18.2 Å². The van der Waals surface area contributed by atoms with Crippen molar-refractivity contribution >= 4 is 22.4 Å². The van der Waals surface area contributed by atoms with E-state index in [9.17, 15) is 14.7 Å². The first-order valence-corrected chi connectivity index (χ1v) is 6.43.